The predicted octanol–water partition coefficient (Wildman–Crippen LogP) is 0.0572. The van der Waals surface area contributed by atoms with E-state index in [-0.39, 0.29) is 6.61 Å². The quantitative estimate of drug-likeness (QED) is 0.752. The van der Waals surface area contributed by atoms with Gasteiger partial charge >= 0.3 is 0 Å². The van der Waals surface area contributed by atoms with Crippen LogP contribution in [0.2, 0.25) is 0 Å². The van der Waals surface area contributed by atoms with Crippen LogP contribution in [0.3, 0.4) is 0 Å². The van der Waals surface area contributed by atoms with E-state index < -0.39 is 0 Å². The molecule has 15 heavy (non-hydrogen) atoms. The van der Waals surface area contributed by atoms with E-state index in [4.69, 9.17) is 5.11 Å². The zero-order chi connectivity index (χ0) is 10.5. The lowest BCUT2D eigenvalue weighted by Crippen LogP contribution is -2.03. The molecule has 0 aliphatic carbocycles. The van der Waals surface area contributed by atoms with Gasteiger partial charge in [-0.3, -0.25) is 4.68 Å². The first-order valence-corrected chi connectivity index (χ1v) is 4.84. The Morgan fingerprint density at radius 3 is 2.93 bits per heavy atom. The minimum atomic E-state index is -0.0540. The third kappa shape index (κ3) is 2.63. The average molecular weight is 207 g/mol. The second-order valence-corrected chi connectivity index (χ2v) is 3.29. The lowest BCUT2D eigenvalue weighted by Gasteiger charge is -2.01. The van der Waals surface area contributed by atoms with E-state index >= 15 is 0 Å². The minimum Gasteiger partial charge on any atom is -0.390 e. The minimum absolute atomic E-state index is 0.0540. The summed E-state index contributed by atoms with van der Waals surface area (Å²) in [6.45, 7) is 1.65. The molecule has 0 amide bonds. The number of aliphatic hydroxyl groups is 1. The van der Waals surface area contributed by atoms with E-state index in [9.17, 15) is 0 Å². The summed E-state index contributed by atoms with van der Waals surface area (Å²) < 4.78 is 3.76. The second-order valence-electron chi connectivity index (χ2n) is 3.29. The van der Waals surface area contributed by atoms with E-state index in [1.165, 1.54) is 0 Å². The highest BCUT2D eigenvalue weighted by Crippen LogP contribution is 1.96. The maximum atomic E-state index is 8.80. The molecule has 0 aliphatic rings. The number of hydrogen-bond donors (Lipinski definition) is 1. The van der Waals surface area contributed by atoms with Crippen LogP contribution < -0.4 is 0 Å². The standard InChI is InChI=1S/C9H13N5O/c15-7-9-6-14(12-11-9)4-1-3-13-5-2-10-8-13/h2,5-6,8,15H,1,3-4,7H2. The lowest BCUT2D eigenvalue weighted by molar-refractivity contribution is 0.276. The molecule has 0 fully saturated rings. The molecule has 0 unspecified atom stereocenters. The Morgan fingerprint density at radius 1 is 1.33 bits per heavy atom. The molecule has 0 saturated heterocycles. The fourth-order valence-corrected chi connectivity index (χ4v) is 1.35. The number of aliphatic hydroxyl groups excluding tert-OH is 1. The summed E-state index contributed by atoms with van der Waals surface area (Å²) in [6, 6.07) is 0. The predicted molar refractivity (Wildman–Crippen MR) is 52.8 cm³/mol. The normalized spacial score (nSPS) is 10.7. The van der Waals surface area contributed by atoms with E-state index in [1.54, 1.807) is 23.4 Å². The molecule has 0 saturated carbocycles. The molecule has 2 heterocycles. The van der Waals surface area contributed by atoms with E-state index in [1.807, 2.05) is 10.8 Å². The SMILES string of the molecule is OCc1cn(CCCn2ccnc2)nn1. The van der Waals surface area contributed by atoms with E-state index in [2.05, 4.69) is 15.3 Å². The monoisotopic (exact) mass is 207 g/mol. The largest absolute Gasteiger partial charge is 0.390 e. The molecule has 6 heteroatoms. The Balaban J connectivity index is 1.78. The van der Waals surface area contributed by atoms with Crippen LogP contribution in [0.5, 0.6) is 0 Å². The van der Waals surface area contributed by atoms with Crippen molar-refractivity contribution in [3.63, 3.8) is 0 Å². The number of rotatable bonds is 5. The lowest BCUT2D eigenvalue weighted by atomic mass is 10.4. The van der Waals surface area contributed by atoms with Crippen LogP contribution >= 0.6 is 0 Å². The highest BCUT2D eigenvalue weighted by atomic mass is 16.3. The van der Waals surface area contributed by atoms with Gasteiger partial charge in [-0.05, 0) is 6.42 Å². The number of aryl methyl sites for hydroxylation is 2. The topological polar surface area (TPSA) is 68.8 Å². The summed E-state index contributed by atoms with van der Waals surface area (Å²) in [4.78, 5) is 3.96. The molecule has 6 nitrogen and oxygen atoms in total. The molecular weight excluding hydrogens is 194 g/mol. The van der Waals surface area contributed by atoms with Gasteiger partial charge in [0.25, 0.3) is 0 Å². The number of imidazole rings is 1. The summed E-state index contributed by atoms with van der Waals surface area (Å²) in [6.07, 6.45) is 8.21. The molecular formula is C9H13N5O. The first-order chi connectivity index (χ1) is 7.38. The molecule has 0 aliphatic heterocycles. The zero-order valence-corrected chi connectivity index (χ0v) is 8.32. The Morgan fingerprint density at radius 2 is 2.27 bits per heavy atom. The van der Waals surface area contributed by atoms with Crippen LogP contribution in [0.25, 0.3) is 0 Å². The zero-order valence-electron chi connectivity index (χ0n) is 8.32. The van der Waals surface area contributed by atoms with Gasteiger partial charge in [0.2, 0.25) is 0 Å². The van der Waals surface area contributed by atoms with Crippen LogP contribution in [0.15, 0.2) is 24.9 Å². The van der Waals surface area contributed by atoms with Crippen molar-refractivity contribution in [1.82, 2.24) is 24.5 Å². The van der Waals surface area contributed by atoms with Crippen molar-refractivity contribution in [2.45, 2.75) is 26.1 Å². The first kappa shape index (κ1) is 9.85. The maximum absolute atomic E-state index is 8.80. The fourth-order valence-electron chi connectivity index (χ4n) is 1.35. The molecule has 0 bridgehead atoms. The van der Waals surface area contributed by atoms with Crippen molar-refractivity contribution < 1.29 is 5.11 Å². The third-order valence-corrected chi connectivity index (χ3v) is 2.11. The van der Waals surface area contributed by atoms with Crippen LogP contribution in [0.4, 0.5) is 0 Å². The number of hydrogen-bond acceptors (Lipinski definition) is 4. The van der Waals surface area contributed by atoms with Gasteiger partial charge in [-0.1, -0.05) is 5.21 Å². The molecule has 0 atom stereocenters. The smallest absolute Gasteiger partial charge is 0.108 e. The fraction of sp³-hybridized carbons (Fsp3) is 0.444. The van der Waals surface area contributed by atoms with Gasteiger partial charge in [-0.2, -0.15) is 0 Å². The molecule has 0 radical (unpaired) electrons. The van der Waals surface area contributed by atoms with E-state index in [0.717, 1.165) is 19.5 Å². The highest BCUT2D eigenvalue weighted by Gasteiger charge is 1.98. The van der Waals surface area contributed by atoms with Crippen molar-refractivity contribution in [2.24, 2.45) is 0 Å². The van der Waals surface area contributed by atoms with Crippen molar-refractivity contribution >= 4 is 0 Å². The second kappa shape index (κ2) is 4.70. The Bertz CT molecular complexity index is 394. The van der Waals surface area contributed by atoms with Gasteiger partial charge in [0.05, 0.1) is 19.1 Å². The van der Waals surface area contributed by atoms with E-state index in [0.29, 0.717) is 5.69 Å². The number of aromatic nitrogens is 5. The summed E-state index contributed by atoms with van der Waals surface area (Å²) in [5.74, 6) is 0. The molecule has 1 N–H and O–H groups in total. The van der Waals surface area contributed by atoms with Crippen LogP contribution in [0, 0.1) is 0 Å². The van der Waals surface area contributed by atoms with Gasteiger partial charge in [-0.25, -0.2) is 4.98 Å². The van der Waals surface area contributed by atoms with Crippen molar-refractivity contribution in [3.05, 3.63) is 30.6 Å². The van der Waals surface area contributed by atoms with Crippen LogP contribution in [0.1, 0.15) is 12.1 Å². The van der Waals surface area contributed by atoms with Gasteiger partial charge in [-0.15, -0.1) is 5.10 Å². The molecule has 0 aromatic carbocycles. The molecule has 80 valence electrons. The third-order valence-electron chi connectivity index (χ3n) is 2.11. The first-order valence-electron chi connectivity index (χ1n) is 4.84. The van der Waals surface area contributed by atoms with Gasteiger partial charge < -0.3 is 9.67 Å². The molecule has 2 aromatic rings. The maximum Gasteiger partial charge on any atom is 0.108 e. The molecule has 2 aromatic heterocycles. The summed E-state index contributed by atoms with van der Waals surface area (Å²) in [7, 11) is 0. The summed E-state index contributed by atoms with van der Waals surface area (Å²) in [5.41, 5.74) is 0.609. The van der Waals surface area contributed by atoms with Crippen molar-refractivity contribution in [3.8, 4) is 0 Å². The van der Waals surface area contributed by atoms with Crippen molar-refractivity contribution in [2.75, 3.05) is 0 Å². The molecule has 2 rings (SSSR count). The van der Waals surface area contributed by atoms with Crippen molar-refractivity contribution in [1.29, 1.82) is 0 Å². The average Bonchev–Trinajstić information content (AvgIpc) is 2.88. The molecule has 0 spiro atoms. The van der Waals surface area contributed by atoms with Gasteiger partial charge in [0.15, 0.2) is 0 Å². The van der Waals surface area contributed by atoms with Gasteiger partial charge in [0.1, 0.15) is 5.69 Å². The summed E-state index contributed by atoms with van der Waals surface area (Å²) >= 11 is 0. The number of nitrogens with zero attached hydrogens (tertiary/aromatic N) is 5. The summed E-state index contributed by atoms with van der Waals surface area (Å²) in [5, 5.41) is 16.5. The Kier molecular flexibility index (Phi) is 3.08. The Labute approximate surface area is 87.2 Å². The van der Waals surface area contributed by atoms with Crippen LogP contribution in [-0.4, -0.2) is 29.7 Å². The van der Waals surface area contributed by atoms with Crippen LogP contribution in [-0.2, 0) is 19.7 Å². The Hall–Kier alpha value is -1.69. The van der Waals surface area contributed by atoms with Gasteiger partial charge in [0, 0.05) is 25.5 Å². The highest BCUT2D eigenvalue weighted by molar-refractivity contribution is 4.88.